The average Bonchev–Trinajstić information content (AvgIpc) is 2.92. The van der Waals surface area contributed by atoms with Crippen molar-refractivity contribution in [1.82, 2.24) is 9.80 Å². The molecule has 24 heavy (non-hydrogen) atoms. The van der Waals surface area contributed by atoms with Gasteiger partial charge in [0, 0.05) is 19.0 Å². The van der Waals surface area contributed by atoms with Crippen LogP contribution in [0.1, 0.15) is 20.3 Å². The number of para-hydroxylation sites is 2. The van der Waals surface area contributed by atoms with Crippen molar-refractivity contribution >= 4 is 11.8 Å². The second kappa shape index (κ2) is 6.71. The molecule has 0 radical (unpaired) electrons. The van der Waals surface area contributed by atoms with Crippen molar-refractivity contribution in [2.45, 2.75) is 32.4 Å². The largest absolute Gasteiger partial charge is 0.493 e. The number of hydrogen-bond acceptors (Lipinski definition) is 4. The molecule has 1 aromatic rings. The van der Waals surface area contributed by atoms with Crippen LogP contribution in [0, 0.1) is 5.92 Å². The zero-order chi connectivity index (χ0) is 17.3. The Morgan fingerprint density at radius 1 is 1.17 bits per heavy atom. The van der Waals surface area contributed by atoms with Gasteiger partial charge in [-0.05, 0) is 26.0 Å². The highest BCUT2D eigenvalue weighted by atomic mass is 16.5. The third-order valence-corrected chi connectivity index (χ3v) is 4.65. The van der Waals surface area contributed by atoms with E-state index in [2.05, 4.69) is 0 Å². The number of ether oxygens (including phenoxy) is 2. The summed E-state index contributed by atoms with van der Waals surface area (Å²) < 4.78 is 11.2. The lowest BCUT2D eigenvalue weighted by Crippen LogP contribution is -2.57. The fraction of sp³-hybridized carbons (Fsp3) is 0.556. The Hall–Kier alpha value is -2.24. The number of nitrogens with zero attached hydrogens (tertiary/aromatic N) is 2. The lowest BCUT2D eigenvalue weighted by molar-refractivity contribution is -0.144. The van der Waals surface area contributed by atoms with E-state index in [-0.39, 0.29) is 29.9 Å². The molecule has 2 aliphatic rings. The summed E-state index contributed by atoms with van der Waals surface area (Å²) in [6.07, 6.45) is 0.300. The molecule has 2 saturated heterocycles. The Bertz CT molecular complexity index is 625. The second-order valence-electron chi connectivity index (χ2n) is 6.67. The molecule has 1 aromatic carbocycles. The van der Waals surface area contributed by atoms with Crippen LogP contribution in [0.3, 0.4) is 0 Å². The highest BCUT2D eigenvalue weighted by Gasteiger charge is 2.41. The Kier molecular flexibility index (Phi) is 4.64. The maximum Gasteiger partial charge on any atom is 0.228 e. The topological polar surface area (TPSA) is 59.1 Å². The van der Waals surface area contributed by atoms with Gasteiger partial charge >= 0.3 is 0 Å². The monoisotopic (exact) mass is 332 g/mol. The van der Waals surface area contributed by atoms with Crippen molar-refractivity contribution in [1.29, 1.82) is 0 Å². The van der Waals surface area contributed by atoms with E-state index in [9.17, 15) is 9.59 Å². The number of rotatable bonds is 5. The first-order valence-corrected chi connectivity index (χ1v) is 8.37. The van der Waals surface area contributed by atoms with E-state index in [1.165, 1.54) is 0 Å². The predicted octanol–water partition coefficient (Wildman–Crippen LogP) is 1.54. The highest BCUT2D eigenvalue weighted by Crippen LogP contribution is 2.30. The Balaban J connectivity index is 1.52. The number of benzene rings is 1. The third kappa shape index (κ3) is 3.18. The number of likely N-dealkylation sites (tertiary alicyclic amines) is 2. The van der Waals surface area contributed by atoms with Crippen LogP contribution in [-0.4, -0.2) is 60.5 Å². The molecule has 1 atom stereocenters. The standard InChI is InChI=1S/C18H24N2O4/c1-12(2)20-9-13(8-17(20)21)18(22)19-10-14(11-19)24-16-7-5-4-6-15(16)23-3/h4-7,12-14H,8-11H2,1-3H3/t13-/m0/s1. The summed E-state index contributed by atoms with van der Waals surface area (Å²) in [6.45, 7) is 5.60. The minimum Gasteiger partial charge on any atom is -0.493 e. The van der Waals surface area contributed by atoms with Crippen LogP contribution < -0.4 is 9.47 Å². The predicted molar refractivity (Wildman–Crippen MR) is 88.9 cm³/mol. The molecular weight excluding hydrogens is 308 g/mol. The summed E-state index contributed by atoms with van der Waals surface area (Å²) in [7, 11) is 1.61. The van der Waals surface area contributed by atoms with Crippen molar-refractivity contribution in [2.75, 3.05) is 26.7 Å². The minimum atomic E-state index is -0.216. The van der Waals surface area contributed by atoms with Crippen LogP contribution in [0.4, 0.5) is 0 Å². The van der Waals surface area contributed by atoms with Crippen LogP contribution in [0.2, 0.25) is 0 Å². The number of hydrogen-bond donors (Lipinski definition) is 0. The second-order valence-corrected chi connectivity index (χ2v) is 6.67. The first-order valence-electron chi connectivity index (χ1n) is 8.37. The zero-order valence-electron chi connectivity index (χ0n) is 14.4. The van der Waals surface area contributed by atoms with Crippen LogP contribution in [0.5, 0.6) is 11.5 Å². The quantitative estimate of drug-likeness (QED) is 0.821. The van der Waals surface area contributed by atoms with E-state index in [1.807, 2.05) is 38.1 Å². The molecular formula is C18H24N2O4. The van der Waals surface area contributed by atoms with Gasteiger partial charge in [-0.2, -0.15) is 0 Å². The van der Waals surface area contributed by atoms with Gasteiger partial charge in [0.05, 0.1) is 26.1 Å². The van der Waals surface area contributed by atoms with Gasteiger partial charge in [0.25, 0.3) is 0 Å². The van der Waals surface area contributed by atoms with Gasteiger partial charge in [0.15, 0.2) is 11.5 Å². The molecule has 2 heterocycles. The first-order chi connectivity index (χ1) is 11.5. The van der Waals surface area contributed by atoms with Gasteiger partial charge in [-0.25, -0.2) is 0 Å². The van der Waals surface area contributed by atoms with E-state index >= 15 is 0 Å². The van der Waals surface area contributed by atoms with E-state index in [0.29, 0.717) is 37.6 Å². The molecule has 6 heteroatoms. The highest BCUT2D eigenvalue weighted by molar-refractivity contribution is 5.89. The fourth-order valence-corrected chi connectivity index (χ4v) is 3.24. The van der Waals surface area contributed by atoms with Gasteiger partial charge in [0.2, 0.25) is 11.8 Å². The molecule has 2 aliphatic heterocycles. The molecule has 0 unspecified atom stereocenters. The van der Waals surface area contributed by atoms with Crippen molar-refractivity contribution in [3.63, 3.8) is 0 Å². The van der Waals surface area contributed by atoms with Crippen LogP contribution >= 0.6 is 0 Å². The van der Waals surface area contributed by atoms with Crippen molar-refractivity contribution < 1.29 is 19.1 Å². The van der Waals surface area contributed by atoms with Crippen molar-refractivity contribution in [3.05, 3.63) is 24.3 Å². The maximum absolute atomic E-state index is 12.5. The van der Waals surface area contributed by atoms with E-state index < -0.39 is 0 Å². The summed E-state index contributed by atoms with van der Waals surface area (Å²) >= 11 is 0. The van der Waals surface area contributed by atoms with E-state index in [4.69, 9.17) is 9.47 Å². The molecule has 0 aromatic heterocycles. The summed E-state index contributed by atoms with van der Waals surface area (Å²) in [5.74, 6) is 1.31. The maximum atomic E-state index is 12.5. The lowest BCUT2D eigenvalue weighted by Gasteiger charge is -2.40. The van der Waals surface area contributed by atoms with E-state index in [0.717, 1.165) is 0 Å². The van der Waals surface area contributed by atoms with Crippen LogP contribution in [0.25, 0.3) is 0 Å². The molecule has 2 amide bonds. The molecule has 130 valence electrons. The smallest absolute Gasteiger partial charge is 0.228 e. The van der Waals surface area contributed by atoms with Gasteiger partial charge in [-0.1, -0.05) is 12.1 Å². The van der Waals surface area contributed by atoms with Gasteiger partial charge in [-0.3, -0.25) is 9.59 Å². The SMILES string of the molecule is COc1ccccc1OC1CN(C(=O)[C@H]2CC(=O)N(C(C)C)C2)C1. The molecule has 2 fully saturated rings. The summed E-state index contributed by atoms with van der Waals surface area (Å²) in [6, 6.07) is 7.64. The van der Waals surface area contributed by atoms with Gasteiger partial charge in [-0.15, -0.1) is 0 Å². The number of carbonyl (C=O) groups excluding carboxylic acids is 2. The molecule has 0 aliphatic carbocycles. The van der Waals surface area contributed by atoms with Crippen LogP contribution in [-0.2, 0) is 9.59 Å². The average molecular weight is 332 g/mol. The molecule has 6 nitrogen and oxygen atoms in total. The number of methoxy groups -OCH3 is 1. The van der Waals surface area contributed by atoms with Gasteiger partial charge < -0.3 is 19.3 Å². The Morgan fingerprint density at radius 2 is 1.83 bits per heavy atom. The Labute approximate surface area is 142 Å². The summed E-state index contributed by atoms with van der Waals surface area (Å²) in [5, 5.41) is 0. The number of amides is 2. The van der Waals surface area contributed by atoms with Gasteiger partial charge in [0.1, 0.15) is 6.10 Å². The summed E-state index contributed by atoms with van der Waals surface area (Å²) in [4.78, 5) is 28.0. The van der Waals surface area contributed by atoms with Crippen molar-refractivity contribution in [2.24, 2.45) is 5.92 Å². The zero-order valence-corrected chi connectivity index (χ0v) is 14.4. The molecule has 3 rings (SSSR count). The Morgan fingerprint density at radius 3 is 2.42 bits per heavy atom. The fourth-order valence-electron chi connectivity index (χ4n) is 3.24. The lowest BCUT2D eigenvalue weighted by atomic mass is 10.0. The third-order valence-electron chi connectivity index (χ3n) is 4.65. The molecule has 0 N–H and O–H groups in total. The normalized spacial score (nSPS) is 21.2. The number of carbonyl (C=O) groups is 2. The molecule has 0 spiro atoms. The minimum absolute atomic E-state index is 0.0245. The molecule has 0 saturated carbocycles. The molecule has 0 bridgehead atoms. The van der Waals surface area contributed by atoms with Crippen LogP contribution in [0.15, 0.2) is 24.3 Å². The van der Waals surface area contributed by atoms with Crippen molar-refractivity contribution in [3.8, 4) is 11.5 Å². The van der Waals surface area contributed by atoms with E-state index in [1.54, 1.807) is 16.9 Å². The summed E-state index contributed by atoms with van der Waals surface area (Å²) in [5.41, 5.74) is 0. The first kappa shape index (κ1) is 16.6.